The summed E-state index contributed by atoms with van der Waals surface area (Å²) in [5.41, 5.74) is -1.76. The van der Waals surface area contributed by atoms with Gasteiger partial charge in [0.15, 0.2) is 0 Å². The lowest BCUT2D eigenvalue weighted by atomic mass is 10.1. The van der Waals surface area contributed by atoms with Gasteiger partial charge in [0.05, 0.1) is 12.2 Å². The molecular formula is C16H20F6N4O. The quantitative estimate of drug-likeness (QED) is 0.577. The van der Waals surface area contributed by atoms with Crippen molar-refractivity contribution in [3.05, 3.63) is 23.4 Å². The molecule has 2 rings (SSSR count). The number of halogens is 6. The lowest BCUT2D eigenvalue weighted by Crippen LogP contribution is -2.38. The molecule has 1 aromatic rings. The number of aromatic amines is 1. The normalized spacial score (nSPS) is 18.4. The summed E-state index contributed by atoms with van der Waals surface area (Å²) in [4.78, 5) is 5.70. The first-order valence-electron chi connectivity index (χ1n) is 8.38. The SMILES string of the molecule is CC/C=C(\C=NCN1CCC(Oc2cc(C(F)(F)F)[nH]n2)CC1)C(F)(F)F. The zero-order valence-corrected chi connectivity index (χ0v) is 14.6. The molecule has 1 fully saturated rings. The van der Waals surface area contributed by atoms with Crippen molar-refractivity contribution in [3.8, 4) is 5.88 Å². The molecule has 0 spiro atoms. The first kappa shape index (κ1) is 21.3. The van der Waals surface area contributed by atoms with E-state index in [0.717, 1.165) is 18.4 Å². The van der Waals surface area contributed by atoms with Crippen LogP contribution in [0.4, 0.5) is 26.3 Å². The van der Waals surface area contributed by atoms with Crippen LogP contribution < -0.4 is 4.74 Å². The molecule has 152 valence electrons. The van der Waals surface area contributed by atoms with Crippen molar-refractivity contribution in [2.45, 2.75) is 44.6 Å². The number of allylic oxidation sites excluding steroid dienone is 2. The van der Waals surface area contributed by atoms with Crippen molar-refractivity contribution >= 4 is 6.21 Å². The maximum absolute atomic E-state index is 12.7. The molecule has 0 radical (unpaired) electrons. The fourth-order valence-corrected chi connectivity index (χ4v) is 2.56. The minimum absolute atomic E-state index is 0.116. The summed E-state index contributed by atoms with van der Waals surface area (Å²) in [5.74, 6) is -0.127. The van der Waals surface area contributed by atoms with Gasteiger partial charge in [-0.1, -0.05) is 13.0 Å². The molecule has 5 nitrogen and oxygen atoms in total. The summed E-state index contributed by atoms with van der Waals surface area (Å²) in [6.45, 7) is 2.75. The van der Waals surface area contributed by atoms with E-state index in [2.05, 4.69) is 10.1 Å². The Labute approximate surface area is 152 Å². The van der Waals surface area contributed by atoms with Crippen LogP contribution in [-0.2, 0) is 6.18 Å². The number of hydrogen-bond acceptors (Lipinski definition) is 4. The third-order valence-corrected chi connectivity index (χ3v) is 3.95. The molecule has 27 heavy (non-hydrogen) atoms. The second kappa shape index (κ2) is 8.77. The summed E-state index contributed by atoms with van der Waals surface area (Å²) < 4.78 is 81.2. The second-order valence-corrected chi connectivity index (χ2v) is 6.07. The van der Waals surface area contributed by atoms with Crippen LogP contribution >= 0.6 is 0 Å². The molecule has 11 heteroatoms. The van der Waals surface area contributed by atoms with Crippen LogP contribution in [0.1, 0.15) is 31.9 Å². The number of ether oxygens (including phenoxy) is 1. The highest BCUT2D eigenvalue weighted by atomic mass is 19.4. The average Bonchev–Trinajstić information content (AvgIpc) is 3.03. The highest BCUT2D eigenvalue weighted by Crippen LogP contribution is 2.30. The number of aromatic nitrogens is 2. The van der Waals surface area contributed by atoms with Crippen molar-refractivity contribution in [2.75, 3.05) is 19.8 Å². The summed E-state index contributed by atoms with van der Waals surface area (Å²) >= 11 is 0. The Morgan fingerprint density at radius 1 is 1.30 bits per heavy atom. The van der Waals surface area contributed by atoms with E-state index >= 15 is 0 Å². The zero-order valence-electron chi connectivity index (χ0n) is 14.6. The number of nitrogens with zero attached hydrogens (tertiary/aromatic N) is 3. The van der Waals surface area contributed by atoms with Crippen molar-refractivity contribution in [2.24, 2.45) is 4.99 Å². The lowest BCUT2D eigenvalue weighted by molar-refractivity contribution is -0.141. The van der Waals surface area contributed by atoms with Crippen molar-refractivity contribution in [1.29, 1.82) is 0 Å². The molecule has 0 atom stereocenters. The number of hydrogen-bond donors (Lipinski definition) is 1. The van der Waals surface area contributed by atoms with Gasteiger partial charge in [-0.15, -0.1) is 5.10 Å². The van der Waals surface area contributed by atoms with Gasteiger partial charge in [-0.25, -0.2) is 0 Å². The molecule has 1 aliphatic rings. The monoisotopic (exact) mass is 398 g/mol. The fraction of sp³-hybridized carbons (Fsp3) is 0.625. The molecule has 0 aromatic carbocycles. The van der Waals surface area contributed by atoms with Gasteiger partial charge in [0.1, 0.15) is 11.8 Å². The number of rotatable bonds is 6. The Hall–Kier alpha value is -2.04. The van der Waals surface area contributed by atoms with Crippen LogP contribution in [-0.4, -0.2) is 53.4 Å². The largest absolute Gasteiger partial charge is 0.473 e. The lowest BCUT2D eigenvalue weighted by Gasteiger charge is -2.30. The van der Waals surface area contributed by atoms with Gasteiger partial charge in [-0.3, -0.25) is 15.0 Å². The topological polar surface area (TPSA) is 53.5 Å². The van der Waals surface area contributed by atoms with Gasteiger partial charge in [0, 0.05) is 25.4 Å². The smallest absolute Gasteiger partial charge is 0.432 e. The summed E-state index contributed by atoms with van der Waals surface area (Å²) in [6, 6.07) is 0.801. The first-order chi connectivity index (χ1) is 12.6. The molecular weight excluding hydrogens is 378 g/mol. The van der Waals surface area contributed by atoms with E-state index in [1.54, 1.807) is 6.92 Å². The van der Waals surface area contributed by atoms with Gasteiger partial charge >= 0.3 is 12.4 Å². The van der Waals surface area contributed by atoms with Crippen LogP contribution in [0.25, 0.3) is 0 Å². The van der Waals surface area contributed by atoms with Crippen molar-refractivity contribution in [3.63, 3.8) is 0 Å². The Morgan fingerprint density at radius 2 is 1.96 bits per heavy atom. The third kappa shape index (κ3) is 6.56. The Kier molecular flexibility index (Phi) is 6.90. The van der Waals surface area contributed by atoms with Crippen LogP contribution in [0.3, 0.4) is 0 Å². The van der Waals surface area contributed by atoms with Crippen molar-refractivity contribution < 1.29 is 31.1 Å². The van der Waals surface area contributed by atoms with Crippen LogP contribution in [0.2, 0.25) is 0 Å². The molecule has 2 heterocycles. The number of likely N-dealkylation sites (tertiary alicyclic amines) is 1. The molecule has 0 aliphatic carbocycles. The third-order valence-electron chi connectivity index (χ3n) is 3.95. The summed E-state index contributed by atoms with van der Waals surface area (Å²) in [7, 11) is 0. The van der Waals surface area contributed by atoms with Gasteiger partial charge < -0.3 is 4.74 Å². The number of nitrogens with one attached hydrogen (secondary N) is 1. The number of alkyl halides is 6. The predicted octanol–water partition coefficient (Wildman–Crippen LogP) is 4.20. The minimum Gasteiger partial charge on any atom is -0.473 e. The van der Waals surface area contributed by atoms with E-state index < -0.39 is 23.6 Å². The van der Waals surface area contributed by atoms with Crippen LogP contribution in [0.15, 0.2) is 22.7 Å². The zero-order chi connectivity index (χ0) is 20.1. The average molecular weight is 398 g/mol. The number of H-pyrrole nitrogens is 1. The summed E-state index contributed by atoms with van der Waals surface area (Å²) in [6.07, 6.45) is -6.07. The van der Waals surface area contributed by atoms with E-state index in [-0.39, 0.29) is 25.1 Å². The van der Waals surface area contributed by atoms with Gasteiger partial charge in [-0.05, 0) is 19.3 Å². The minimum atomic E-state index is -4.52. The molecule has 1 aromatic heterocycles. The number of piperidine rings is 1. The van der Waals surface area contributed by atoms with E-state index in [1.165, 1.54) is 0 Å². The van der Waals surface area contributed by atoms with E-state index in [4.69, 9.17) is 4.74 Å². The van der Waals surface area contributed by atoms with E-state index in [9.17, 15) is 26.3 Å². The Bertz CT molecular complexity index is 657. The molecule has 1 saturated heterocycles. The Morgan fingerprint density at radius 3 is 2.48 bits per heavy atom. The van der Waals surface area contributed by atoms with Crippen LogP contribution in [0.5, 0.6) is 5.88 Å². The van der Waals surface area contributed by atoms with Crippen LogP contribution in [0, 0.1) is 0 Å². The molecule has 1 N–H and O–H groups in total. The molecule has 1 aliphatic heterocycles. The predicted molar refractivity (Wildman–Crippen MR) is 86.6 cm³/mol. The molecule has 0 saturated carbocycles. The second-order valence-electron chi connectivity index (χ2n) is 6.07. The highest BCUT2D eigenvalue weighted by Gasteiger charge is 2.34. The maximum atomic E-state index is 12.7. The molecule has 0 unspecified atom stereocenters. The van der Waals surface area contributed by atoms with E-state index in [0.29, 0.717) is 25.9 Å². The van der Waals surface area contributed by atoms with Gasteiger partial charge in [0.25, 0.3) is 0 Å². The van der Waals surface area contributed by atoms with Gasteiger partial charge in [0.2, 0.25) is 5.88 Å². The standard InChI is InChI=1S/C16H20F6N4O/c1-2-3-11(15(17,18)19)9-23-10-26-6-4-12(5-7-26)27-14-8-13(24-25-14)16(20,21)22/h3,8-9,12H,2,4-7,10H2,1H3,(H,24,25)/b11-3+,23-9?. The summed E-state index contributed by atoms with van der Waals surface area (Å²) in [5, 5.41) is 5.37. The Balaban J connectivity index is 1.79. The highest BCUT2D eigenvalue weighted by molar-refractivity contribution is 5.80. The fourth-order valence-electron chi connectivity index (χ4n) is 2.56. The molecule has 0 bridgehead atoms. The maximum Gasteiger partial charge on any atom is 0.432 e. The van der Waals surface area contributed by atoms with Crippen molar-refractivity contribution in [1.82, 2.24) is 15.1 Å². The van der Waals surface area contributed by atoms with Gasteiger partial charge in [-0.2, -0.15) is 26.3 Å². The molecule has 0 amide bonds. The van der Waals surface area contributed by atoms with E-state index in [1.807, 2.05) is 10.00 Å². The number of aliphatic imine (C=N–C) groups is 1. The first-order valence-corrected chi connectivity index (χ1v) is 8.38.